The Labute approximate surface area is 225 Å². The summed E-state index contributed by atoms with van der Waals surface area (Å²) in [5.41, 5.74) is 5.88. The fraction of sp³-hybridized carbons (Fsp3) is 0.379. The molecule has 1 unspecified atom stereocenters. The van der Waals surface area contributed by atoms with Crippen LogP contribution < -0.4 is 15.7 Å². The number of anilines is 2. The summed E-state index contributed by atoms with van der Waals surface area (Å²) in [4.78, 5) is 32.3. The topological polar surface area (TPSA) is 91.5 Å². The van der Waals surface area contributed by atoms with E-state index in [1.54, 1.807) is 11.2 Å². The summed E-state index contributed by atoms with van der Waals surface area (Å²) in [7, 11) is 0. The predicted octanol–water partition coefficient (Wildman–Crippen LogP) is 3.37. The lowest BCUT2D eigenvalue weighted by molar-refractivity contribution is -0.126. The average molecular weight is 509 g/mol. The molecular weight excluding hydrogens is 473 g/mol. The van der Waals surface area contributed by atoms with Crippen molar-refractivity contribution < 1.29 is 4.79 Å². The molecule has 1 atom stereocenters. The van der Waals surface area contributed by atoms with Crippen LogP contribution in [-0.2, 0) is 24.0 Å². The van der Waals surface area contributed by atoms with Gasteiger partial charge in [-0.25, -0.2) is 15.0 Å². The Kier molecular flexibility index (Phi) is 7.74. The summed E-state index contributed by atoms with van der Waals surface area (Å²) in [6, 6.07) is 14.6. The normalized spacial score (nSPS) is 17.1. The number of piperazine rings is 1. The van der Waals surface area contributed by atoms with E-state index in [0.717, 1.165) is 61.7 Å². The van der Waals surface area contributed by atoms with Gasteiger partial charge in [0.15, 0.2) is 0 Å². The van der Waals surface area contributed by atoms with Crippen molar-refractivity contribution in [2.45, 2.75) is 45.2 Å². The lowest BCUT2D eigenvalue weighted by Crippen LogP contribution is -2.49. The van der Waals surface area contributed by atoms with E-state index in [2.05, 4.69) is 60.5 Å². The molecule has 196 valence electrons. The molecule has 3 aromatic rings. The molecule has 1 aliphatic carbocycles. The maximum Gasteiger partial charge on any atom is 0.277 e. The van der Waals surface area contributed by atoms with Crippen LogP contribution >= 0.6 is 0 Å². The lowest BCUT2D eigenvalue weighted by Gasteiger charge is -2.37. The minimum Gasteiger partial charge on any atom is -0.353 e. The molecule has 8 nitrogen and oxygen atoms in total. The zero-order valence-corrected chi connectivity index (χ0v) is 22.4. The molecule has 2 N–H and O–H groups in total. The van der Waals surface area contributed by atoms with Crippen molar-refractivity contribution in [3.05, 3.63) is 89.5 Å². The van der Waals surface area contributed by atoms with Crippen LogP contribution in [0.1, 0.15) is 40.4 Å². The number of rotatable bonds is 7. The number of hydrazine groups is 1. The Morgan fingerprint density at radius 1 is 1.16 bits per heavy atom. The van der Waals surface area contributed by atoms with E-state index >= 15 is 0 Å². The van der Waals surface area contributed by atoms with Gasteiger partial charge in [-0.2, -0.15) is 0 Å². The van der Waals surface area contributed by atoms with Gasteiger partial charge in [0, 0.05) is 49.0 Å². The molecule has 0 bridgehead atoms. The number of benzene rings is 1. The molecule has 1 amide bonds. The van der Waals surface area contributed by atoms with E-state index in [-0.39, 0.29) is 18.7 Å². The number of carbonyl (C=O) groups is 1. The number of amides is 1. The van der Waals surface area contributed by atoms with Gasteiger partial charge in [0.1, 0.15) is 18.0 Å². The number of nitrogens with two attached hydrogens (primary N) is 1. The summed E-state index contributed by atoms with van der Waals surface area (Å²) in [6.45, 7) is 10.9. The minimum atomic E-state index is -0.00665. The van der Waals surface area contributed by atoms with Gasteiger partial charge >= 0.3 is 0 Å². The van der Waals surface area contributed by atoms with Crippen molar-refractivity contribution in [2.75, 3.05) is 36.0 Å². The van der Waals surface area contributed by atoms with Crippen LogP contribution in [0.4, 0.5) is 11.6 Å². The number of nitrogens with zero attached hydrogens (tertiary/aromatic N) is 6. The molecule has 1 fully saturated rings. The van der Waals surface area contributed by atoms with Crippen molar-refractivity contribution in [3.63, 3.8) is 0 Å². The first kappa shape index (κ1) is 25.9. The molecule has 1 aromatic carbocycles. The van der Waals surface area contributed by atoms with Gasteiger partial charge in [-0.3, -0.25) is 10.6 Å². The maximum atomic E-state index is 12.0. The Morgan fingerprint density at radius 3 is 2.66 bits per heavy atom. The number of fused-ring (bicyclic) bond motifs is 1. The third-order valence-corrected chi connectivity index (χ3v) is 7.88. The highest BCUT2D eigenvalue weighted by molar-refractivity contribution is 6.60. The van der Waals surface area contributed by atoms with Crippen molar-refractivity contribution >= 4 is 24.4 Å². The molecule has 5 rings (SSSR count). The molecule has 9 heteroatoms. The summed E-state index contributed by atoms with van der Waals surface area (Å²) in [6.07, 6.45) is 6.66. The molecule has 38 heavy (non-hydrogen) atoms. The SMILES string of the molecule is C=CC(=O)N1CCN(c2ncnc3c2CCC(c2nc(N(N)B(C)Cc4ccccc4)ccc2C)C3)CC1. The van der Waals surface area contributed by atoms with Crippen molar-refractivity contribution in [3.8, 4) is 0 Å². The number of carbonyl (C=O) groups excluding carboxylic acids is 1. The van der Waals surface area contributed by atoms with Crippen LogP contribution in [0.25, 0.3) is 0 Å². The Hall–Kier alpha value is -3.72. The van der Waals surface area contributed by atoms with Gasteiger partial charge in [0.25, 0.3) is 6.85 Å². The number of hydrogen-bond donors (Lipinski definition) is 1. The largest absolute Gasteiger partial charge is 0.353 e. The van der Waals surface area contributed by atoms with Crippen LogP contribution in [0.5, 0.6) is 0 Å². The summed E-state index contributed by atoms with van der Waals surface area (Å²) in [5, 5.41) is 0. The van der Waals surface area contributed by atoms with Gasteiger partial charge < -0.3 is 14.7 Å². The average Bonchev–Trinajstić information content (AvgIpc) is 2.96. The van der Waals surface area contributed by atoms with Gasteiger partial charge in [-0.1, -0.05) is 55.4 Å². The number of aromatic nitrogens is 3. The van der Waals surface area contributed by atoms with Gasteiger partial charge in [-0.15, -0.1) is 0 Å². The van der Waals surface area contributed by atoms with Gasteiger partial charge in [0.05, 0.1) is 0 Å². The van der Waals surface area contributed by atoms with E-state index in [1.807, 2.05) is 17.0 Å². The second kappa shape index (κ2) is 11.4. The molecule has 3 heterocycles. The van der Waals surface area contributed by atoms with Crippen LogP contribution in [0.2, 0.25) is 6.82 Å². The van der Waals surface area contributed by atoms with Crippen molar-refractivity contribution in [2.24, 2.45) is 5.84 Å². The van der Waals surface area contributed by atoms with Crippen LogP contribution in [0.3, 0.4) is 0 Å². The standard InChI is InChI=1S/C29H36BN7O/c1-4-27(38)35-14-16-36(17-15-35)29-24-12-11-23(18-25(24)32-20-33-29)28-21(2)10-13-26(34-28)37(31)30(3)19-22-8-6-5-7-9-22/h4-10,13,20,23H,1,11-12,14-19,31H2,2-3H3. The molecular formula is C29H36BN7O. The number of aryl methyl sites for hydroxylation is 1. The second-order valence-corrected chi connectivity index (χ2v) is 10.4. The summed E-state index contributed by atoms with van der Waals surface area (Å²) >= 11 is 0. The smallest absolute Gasteiger partial charge is 0.277 e. The van der Waals surface area contributed by atoms with Crippen molar-refractivity contribution in [1.82, 2.24) is 19.9 Å². The monoisotopic (exact) mass is 509 g/mol. The first-order valence-corrected chi connectivity index (χ1v) is 13.5. The molecule has 0 spiro atoms. The molecule has 2 aromatic heterocycles. The minimum absolute atomic E-state index is 0.00665. The zero-order chi connectivity index (χ0) is 26.6. The third-order valence-electron chi connectivity index (χ3n) is 7.88. The summed E-state index contributed by atoms with van der Waals surface area (Å²) in [5.74, 6) is 8.66. The van der Waals surface area contributed by atoms with Crippen LogP contribution in [-0.4, -0.2) is 58.8 Å². The molecule has 1 aliphatic heterocycles. The highest BCUT2D eigenvalue weighted by atomic mass is 16.2. The third kappa shape index (κ3) is 5.43. The zero-order valence-electron chi connectivity index (χ0n) is 22.4. The maximum absolute atomic E-state index is 12.0. The molecule has 0 saturated carbocycles. The second-order valence-electron chi connectivity index (χ2n) is 10.4. The fourth-order valence-corrected chi connectivity index (χ4v) is 5.67. The highest BCUT2D eigenvalue weighted by Crippen LogP contribution is 2.36. The number of hydrogen-bond acceptors (Lipinski definition) is 7. The quantitative estimate of drug-likeness (QED) is 0.226. The van der Waals surface area contributed by atoms with Gasteiger partial charge in [0.2, 0.25) is 5.91 Å². The number of pyridine rings is 1. The first-order chi connectivity index (χ1) is 18.4. The van der Waals surface area contributed by atoms with Gasteiger partial charge in [-0.05, 0) is 50.2 Å². The first-order valence-electron chi connectivity index (χ1n) is 13.5. The fourth-order valence-electron chi connectivity index (χ4n) is 5.67. The lowest BCUT2D eigenvalue weighted by atomic mass is 9.59. The van der Waals surface area contributed by atoms with E-state index in [1.165, 1.54) is 22.8 Å². The Balaban J connectivity index is 1.30. The molecule has 2 aliphatic rings. The van der Waals surface area contributed by atoms with Crippen molar-refractivity contribution in [1.29, 1.82) is 0 Å². The Morgan fingerprint density at radius 2 is 1.92 bits per heavy atom. The Bertz CT molecular complexity index is 1290. The van der Waals surface area contributed by atoms with E-state index in [4.69, 9.17) is 15.8 Å². The predicted molar refractivity (Wildman–Crippen MR) is 153 cm³/mol. The molecule has 1 saturated heterocycles. The van der Waals surface area contributed by atoms with E-state index < -0.39 is 0 Å². The highest BCUT2D eigenvalue weighted by Gasteiger charge is 2.30. The van der Waals surface area contributed by atoms with E-state index in [9.17, 15) is 4.79 Å². The summed E-state index contributed by atoms with van der Waals surface area (Å²) < 4.78 is 0. The van der Waals surface area contributed by atoms with E-state index in [0.29, 0.717) is 13.1 Å². The van der Waals surface area contributed by atoms with Crippen LogP contribution in [0, 0.1) is 6.92 Å². The molecule has 0 radical (unpaired) electrons. The van der Waals surface area contributed by atoms with Crippen LogP contribution in [0.15, 0.2) is 61.4 Å².